The van der Waals surface area contributed by atoms with E-state index >= 15 is 0 Å². The number of aromatic nitrogens is 2. The largest absolute Gasteiger partial charge is 0.497 e. The van der Waals surface area contributed by atoms with Crippen molar-refractivity contribution in [2.75, 3.05) is 7.11 Å². The number of benzene rings is 1. The van der Waals surface area contributed by atoms with Crippen LogP contribution in [-0.4, -0.2) is 16.9 Å². The van der Waals surface area contributed by atoms with Gasteiger partial charge in [-0.3, -0.25) is 4.79 Å². The molecule has 0 aliphatic carbocycles. The van der Waals surface area contributed by atoms with Crippen molar-refractivity contribution in [3.8, 4) is 17.0 Å². The van der Waals surface area contributed by atoms with Gasteiger partial charge >= 0.3 is 0 Å². The number of ether oxygens (including phenoxy) is 1. The Bertz CT molecular complexity index is 667. The van der Waals surface area contributed by atoms with Gasteiger partial charge in [0.2, 0.25) is 0 Å². The summed E-state index contributed by atoms with van der Waals surface area (Å²) >= 11 is 0. The number of hydrogen-bond donors (Lipinski definition) is 1. The maximum atomic E-state index is 12.1. The first-order valence-electron chi connectivity index (χ1n) is 6.35. The van der Waals surface area contributed by atoms with E-state index in [9.17, 15) is 4.79 Å². The summed E-state index contributed by atoms with van der Waals surface area (Å²) in [6, 6.07) is 9.27. The van der Waals surface area contributed by atoms with Crippen LogP contribution in [-0.2, 0) is 12.6 Å². The number of aryl methyl sites for hydroxylation is 1. The topological polar surface area (TPSA) is 70.1 Å². The molecular formula is C15H19N3O2. The van der Waals surface area contributed by atoms with Gasteiger partial charge in [0.25, 0.3) is 5.56 Å². The minimum Gasteiger partial charge on any atom is -0.497 e. The van der Waals surface area contributed by atoms with E-state index in [0.29, 0.717) is 11.3 Å². The van der Waals surface area contributed by atoms with Crippen molar-refractivity contribution >= 4 is 0 Å². The van der Waals surface area contributed by atoms with Crippen LogP contribution in [0.3, 0.4) is 0 Å². The van der Waals surface area contributed by atoms with E-state index in [2.05, 4.69) is 5.10 Å². The lowest BCUT2D eigenvalue weighted by Gasteiger charge is -2.19. The van der Waals surface area contributed by atoms with E-state index in [1.54, 1.807) is 20.2 Å². The lowest BCUT2D eigenvalue weighted by molar-refractivity contribution is 0.415. The zero-order chi connectivity index (χ0) is 14.9. The summed E-state index contributed by atoms with van der Waals surface area (Å²) in [5.41, 5.74) is 7.34. The van der Waals surface area contributed by atoms with Gasteiger partial charge in [0.1, 0.15) is 5.75 Å². The average Bonchev–Trinajstić information content (AvgIpc) is 2.40. The molecule has 106 valence electrons. The summed E-state index contributed by atoms with van der Waals surface area (Å²) < 4.78 is 6.45. The smallest absolute Gasteiger partial charge is 0.271 e. The van der Waals surface area contributed by atoms with Gasteiger partial charge in [-0.1, -0.05) is 0 Å². The highest BCUT2D eigenvalue weighted by Crippen LogP contribution is 2.22. The van der Waals surface area contributed by atoms with E-state index in [-0.39, 0.29) is 5.56 Å². The van der Waals surface area contributed by atoms with Crippen molar-refractivity contribution in [2.24, 2.45) is 12.8 Å². The minimum atomic E-state index is -0.709. The molecule has 2 N–H and O–H groups in total. The maximum Gasteiger partial charge on any atom is 0.271 e. The normalized spacial score (nSPS) is 11.4. The molecule has 0 radical (unpaired) electrons. The van der Waals surface area contributed by atoms with Gasteiger partial charge in [0.15, 0.2) is 0 Å². The van der Waals surface area contributed by atoms with Crippen LogP contribution >= 0.6 is 0 Å². The number of methoxy groups -OCH3 is 1. The monoisotopic (exact) mass is 273 g/mol. The van der Waals surface area contributed by atoms with E-state index in [0.717, 1.165) is 11.3 Å². The number of nitrogens with two attached hydrogens (primary N) is 1. The molecule has 5 nitrogen and oxygen atoms in total. The van der Waals surface area contributed by atoms with Gasteiger partial charge in [0, 0.05) is 23.7 Å². The van der Waals surface area contributed by atoms with Gasteiger partial charge < -0.3 is 10.5 Å². The van der Waals surface area contributed by atoms with E-state index < -0.39 is 5.54 Å². The van der Waals surface area contributed by atoms with Gasteiger partial charge in [-0.15, -0.1) is 0 Å². The molecule has 0 aliphatic heterocycles. The average molecular weight is 273 g/mol. The van der Waals surface area contributed by atoms with Gasteiger partial charge in [0.05, 0.1) is 12.8 Å². The van der Waals surface area contributed by atoms with E-state index in [1.165, 1.54) is 4.68 Å². The van der Waals surface area contributed by atoms with Gasteiger partial charge in [-0.2, -0.15) is 5.10 Å². The van der Waals surface area contributed by atoms with Crippen molar-refractivity contribution in [2.45, 2.75) is 19.4 Å². The molecule has 20 heavy (non-hydrogen) atoms. The first-order valence-corrected chi connectivity index (χ1v) is 6.35. The maximum absolute atomic E-state index is 12.1. The molecule has 5 heteroatoms. The minimum absolute atomic E-state index is 0.172. The molecule has 0 amide bonds. The summed E-state index contributed by atoms with van der Waals surface area (Å²) in [6.07, 6.45) is 0. The van der Waals surface area contributed by atoms with Crippen LogP contribution in [0.5, 0.6) is 5.75 Å². The van der Waals surface area contributed by atoms with E-state index in [1.807, 2.05) is 38.1 Å². The van der Waals surface area contributed by atoms with Crippen molar-refractivity contribution in [3.05, 3.63) is 46.2 Å². The fourth-order valence-corrected chi connectivity index (χ4v) is 1.97. The van der Waals surface area contributed by atoms with Crippen LogP contribution in [0.15, 0.2) is 35.1 Å². The Kier molecular flexibility index (Phi) is 3.63. The highest BCUT2D eigenvalue weighted by atomic mass is 16.5. The number of hydrogen-bond acceptors (Lipinski definition) is 4. The summed E-state index contributed by atoms with van der Waals surface area (Å²) in [5.74, 6) is 0.776. The van der Waals surface area contributed by atoms with E-state index in [4.69, 9.17) is 10.5 Å². The summed E-state index contributed by atoms with van der Waals surface area (Å²) in [4.78, 5) is 12.1. The van der Waals surface area contributed by atoms with Crippen LogP contribution in [0, 0.1) is 0 Å². The molecule has 1 aromatic heterocycles. The highest BCUT2D eigenvalue weighted by molar-refractivity contribution is 5.60. The Morgan fingerprint density at radius 3 is 2.35 bits per heavy atom. The second-order valence-electron chi connectivity index (χ2n) is 5.32. The predicted molar refractivity (Wildman–Crippen MR) is 78.7 cm³/mol. The fraction of sp³-hybridized carbons (Fsp3) is 0.333. The Labute approximate surface area is 118 Å². The molecule has 0 saturated carbocycles. The van der Waals surface area contributed by atoms with Crippen LogP contribution < -0.4 is 16.0 Å². The molecule has 0 saturated heterocycles. The van der Waals surface area contributed by atoms with Crippen LogP contribution in [0.25, 0.3) is 11.3 Å². The molecule has 0 unspecified atom stereocenters. The first-order chi connectivity index (χ1) is 9.32. The third-order valence-electron chi connectivity index (χ3n) is 3.14. The Hall–Kier alpha value is -2.14. The predicted octanol–water partition coefficient (Wildman–Crippen LogP) is 1.65. The van der Waals surface area contributed by atoms with Crippen molar-refractivity contribution in [3.63, 3.8) is 0 Å². The molecule has 0 spiro atoms. The molecule has 0 aliphatic rings. The van der Waals surface area contributed by atoms with Crippen LogP contribution in [0.2, 0.25) is 0 Å². The van der Waals surface area contributed by atoms with Crippen molar-refractivity contribution < 1.29 is 4.74 Å². The number of nitrogens with zero attached hydrogens (tertiary/aromatic N) is 2. The third kappa shape index (κ3) is 2.72. The quantitative estimate of drug-likeness (QED) is 0.923. The lowest BCUT2D eigenvalue weighted by Crippen LogP contribution is -2.38. The Balaban J connectivity index is 2.57. The van der Waals surface area contributed by atoms with Crippen LogP contribution in [0.1, 0.15) is 19.4 Å². The number of rotatable bonds is 3. The Morgan fingerprint density at radius 1 is 1.25 bits per heavy atom. The first kappa shape index (κ1) is 14.3. The second-order valence-corrected chi connectivity index (χ2v) is 5.32. The zero-order valence-electron chi connectivity index (χ0n) is 12.2. The fourth-order valence-electron chi connectivity index (χ4n) is 1.97. The lowest BCUT2D eigenvalue weighted by atomic mass is 9.96. The zero-order valence-corrected chi connectivity index (χ0v) is 12.2. The second kappa shape index (κ2) is 5.09. The molecule has 2 rings (SSSR count). The molecule has 1 heterocycles. The molecule has 1 aromatic carbocycles. The Morgan fingerprint density at radius 2 is 1.85 bits per heavy atom. The summed E-state index contributed by atoms with van der Waals surface area (Å²) in [7, 11) is 3.25. The molecule has 0 fully saturated rings. The third-order valence-corrected chi connectivity index (χ3v) is 3.14. The molecular weight excluding hydrogens is 254 g/mol. The highest BCUT2D eigenvalue weighted by Gasteiger charge is 2.20. The van der Waals surface area contributed by atoms with Crippen molar-refractivity contribution in [1.29, 1.82) is 0 Å². The molecule has 0 bridgehead atoms. The van der Waals surface area contributed by atoms with Gasteiger partial charge in [-0.25, -0.2) is 4.68 Å². The SMILES string of the molecule is COc1ccc(-c2cc(C(C)(C)N)c(=O)n(C)n2)cc1. The summed E-state index contributed by atoms with van der Waals surface area (Å²) in [5, 5.41) is 4.28. The summed E-state index contributed by atoms with van der Waals surface area (Å²) in [6.45, 7) is 3.61. The van der Waals surface area contributed by atoms with Crippen LogP contribution in [0.4, 0.5) is 0 Å². The van der Waals surface area contributed by atoms with Gasteiger partial charge in [-0.05, 0) is 44.2 Å². The standard InChI is InChI=1S/C15H19N3O2/c1-15(2,16)12-9-13(17-18(3)14(12)19)10-5-7-11(20-4)8-6-10/h5-9H,16H2,1-4H3. The molecule has 2 aromatic rings. The van der Waals surface area contributed by atoms with Crippen molar-refractivity contribution in [1.82, 2.24) is 9.78 Å². The molecule has 0 atom stereocenters.